The molecule has 0 aliphatic rings. The topological polar surface area (TPSA) is 132 Å². The van der Waals surface area contributed by atoms with Crippen molar-refractivity contribution in [3.05, 3.63) is 83.9 Å². The van der Waals surface area contributed by atoms with Gasteiger partial charge < -0.3 is 10.7 Å². The van der Waals surface area contributed by atoms with E-state index in [1.807, 2.05) is 58.0 Å². The number of aryl methyl sites for hydroxylation is 2. The fraction of sp³-hybridized carbons (Fsp3) is 0.273. The number of imidazole rings is 1. The minimum atomic E-state index is -0.702. The summed E-state index contributed by atoms with van der Waals surface area (Å²) in [5.41, 5.74) is 10.5. The number of aromatic nitrogens is 5. The zero-order valence-electron chi connectivity index (χ0n) is 17.8. The van der Waals surface area contributed by atoms with Crippen LogP contribution in [0, 0.1) is 13.8 Å². The van der Waals surface area contributed by atoms with Crippen molar-refractivity contribution in [1.29, 1.82) is 0 Å². The molecule has 0 saturated heterocycles. The summed E-state index contributed by atoms with van der Waals surface area (Å²) < 4.78 is 2.84. The molecule has 0 aliphatic carbocycles. The van der Waals surface area contributed by atoms with Crippen LogP contribution in [-0.2, 0) is 6.42 Å². The van der Waals surface area contributed by atoms with Crippen LogP contribution < -0.4 is 22.7 Å². The molecule has 160 valence electrons. The van der Waals surface area contributed by atoms with Crippen LogP contribution in [0.1, 0.15) is 42.1 Å². The number of nitrogens with one attached hydrogen (secondary N) is 2. The van der Waals surface area contributed by atoms with E-state index in [1.165, 1.54) is 0 Å². The van der Waals surface area contributed by atoms with Gasteiger partial charge in [0.05, 0.1) is 16.7 Å². The Morgan fingerprint density at radius 3 is 2.32 bits per heavy atom. The fourth-order valence-electron chi connectivity index (χ4n) is 3.95. The van der Waals surface area contributed by atoms with Crippen LogP contribution in [0.25, 0.3) is 16.7 Å². The second kappa shape index (κ2) is 7.42. The maximum absolute atomic E-state index is 12.2. The summed E-state index contributed by atoms with van der Waals surface area (Å²) in [4.78, 5) is 41.0. The van der Waals surface area contributed by atoms with Crippen molar-refractivity contribution in [2.24, 2.45) is 0 Å². The van der Waals surface area contributed by atoms with E-state index in [0.717, 1.165) is 38.0 Å². The molecule has 2 heterocycles. The summed E-state index contributed by atoms with van der Waals surface area (Å²) >= 11 is 0. The average Bonchev–Trinajstić information content (AvgIpc) is 3.02. The Balaban J connectivity index is 1.76. The van der Waals surface area contributed by atoms with Gasteiger partial charge in [-0.25, -0.2) is 9.59 Å². The summed E-state index contributed by atoms with van der Waals surface area (Å²) in [5, 5.41) is 3.90. The van der Waals surface area contributed by atoms with E-state index in [0.29, 0.717) is 12.1 Å². The van der Waals surface area contributed by atoms with Crippen molar-refractivity contribution in [1.82, 2.24) is 24.3 Å². The molecule has 0 aliphatic heterocycles. The third kappa shape index (κ3) is 3.58. The molecule has 4 N–H and O–H groups in total. The van der Waals surface area contributed by atoms with Gasteiger partial charge in [0, 0.05) is 6.04 Å². The predicted molar refractivity (Wildman–Crippen MR) is 120 cm³/mol. The van der Waals surface area contributed by atoms with Crippen LogP contribution in [-0.4, -0.2) is 24.3 Å². The van der Waals surface area contributed by atoms with Crippen LogP contribution in [0.2, 0.25) is 0 Å². The van der Waals surface area contributed by atoms with E-state index in [9.17, 15) is 14.4 Å². The quantitative estimate of drug-likeness (QED) is 0.464. The Morgan fingerprint density at radius 2 is 1.68 bits per heavy atom. The third-order valence-corrected chi connectivity index (χ3v) is 5.46. The highest BCUT2D eigenvalue weighted by Gasteiger charge is 2.13. The number of aromatic amines is 2. The number of rotatable bonds is 4. The molecule has 9 nitrogen and oxygen atoms in total. The van der Waals surface area contributed by atoms with Crippen molar-refractivity contribution in [2.75, 3.05) is 5.73 Å². The van der Waals surface area contributed by atoms with E-state index in [1.54, 1.807) is 4.57 Å². The maximum atomic E-state index is 12.2. The molecule has 9 heteroatoms. The normalized spacial score (nSPS) is 11.5. The van der Waals surface area contributed by atoms with Crippen molar-refractivity contribution in [3.63, 3.8) is 0 Å². The molecule has 0 saturated carbocycles. The first kappa shape index (κ1) is 20.4. The molecule has 0 spiro atoms. The SMILES string of the molecule is Cc1cc(-n2nc(N)c(=O)[nH]c2=O)cc(C)c1Cc1ccc2[nH]c(=O)n(C(C)C)c2c1. The highest BCUT2D eigenvalue weighted by molar-refractivity contribution is 5.76. The highest BCUT2D eigenvalue weighted by atomic mass is 16.2. The molecular weight excluding hydrogens is 396 g/mol. The van der Waals surface area contributed by atoms with Gasteiger partial charge in [0.15, 0.2) is 0 Å². The number of fused-ring (bicyclic) bond motifs is 1. The van der Waals surface area contributed by atoms with Crippen molar-refractivity contribution >= 4 is 16.9 Å². The lowest BCUT2D eigenvalue weighted by Gasteiger charge is -2.14. The van der Waals surface area contributed by atoms with Crippen LogP contribution in [0.3, 0.4) is 0 Å². The predicted octanol–water partition coefficient (Wildman–Crippen LogP) is 1.93. The highest BCUT2D eigenvalue weighted by Crippen LogP contribution is 2.24. The molecule has 0 bridgehead atoms. The molecule has 0 radical (unpaired) electrons. The van der Waals surface area contributed by atoms with E-state index < -0.39 is 11.2 Å². The molecule has 2 aromatic heterocycles. The largest absolute Gasteiger partial charge is 0.378 e. The summed E-state index contributed by atoms with van der Waals surface area (Å²) in [6.07, 6.45) is 0.668. The lowest BCUT2D eigenvalue weighted by Crippen LogP contribution is -2.33. The van der Waals surface area contributed by atoms with Gasteiger partial charge in [-0.05, 0) is 80.6 Å². The van der Waals surface area contributed by atoms with Crippen molar-refractivity contribution in [3.8, 4) is 5.69 Å². The summed E-state index contributed by atoms with van der Waals surface area (Å²) in [6.45, 7) is 7.89. The second-order valence-electron chi connectivity index (χ2n) is 8.04. The Labute approximate surface area is 177 Å². The monoisotopic (exact) mass is 420 g/mol. The molecule has 0 amide bonds. The number of hydrogen-bond donors (Lipinski definition) is 3. The lowest BCUT2D eigenvalue weighted by molar-refractivity contribution is 0.598. The van der Waals surface area contributed by atoms with Crippen LogP contribution in [0.4, 0.5) is 5.82 Å². The fourth-order valence-corrected chi connectivity index (χ4v) is 3.95. The lowest BCUT2D eigenvalue weighted by atomic mass is 9.95. The van der Waals surface area contributed by atoms with E-state index in [-0.39, 0.29) is 17.5 Å². The van der Waals surface area contributed by atoms with E-state index >= 15 is 0 Å². The number of H-pyrrole nitrogens is 2. The molecule has 4 rings (SSSR count). The first-order chi connectivity index (χ1) is 14.7. The number of nitrogens with zero attached hydrogens (tertiary/aromatic N) is 3. The van der Waals surface area contributed by atoms with Gasteiger partial charge in [0.25, 0.3) is 5.56 Å². The van der Waals surface area contributed by atoms with Gasteiger partial charge in [-0.2, -0.15) is 4.68 Å². The van der Waals surface area contributed by atoms with Crippen LogP contribution in [0.5, 0.6) is 0 Å². The van der Waals surface area contributed by atoms with Gasteiger partial charge in [-0.15, -0.1) is 5.10 Å². The summed E-state index contributed by atoms with van der Waals surface area (Å²) in [5.74, 6) is -0.269. The Kier molecular flexibility index (Phi) is 4.88. The van der Waals surface area contributed by atoms with Gasteiger partial charge >= 0.3 is 11.4 Å². The first-order valence-electron chi connectivity index (χ1n) is 9.98. The number of nitrogens with two attached hydrogens (primary N) is 1. The zero-order chi connectivity index (χ0) is 22.4. The third-order valence-electron chi connectivity index (χ3n) is 5.46. The minimum Gasteiger partial charge on any atom is -0.378 e. The zero-order valence-corrected chi connectivity index (χ0v) is 17.8. The van der Waals surface area contributed by atoms with Gasteiger partial charge in [0.1, 0.15) is 0 Å². The average molecular weight is 420 g/mol. The Hall–Kier alpha value is -3.88. The van der Waals surface area contributed by atoms with Crippen LogP contribution >= 0.6 is 0 Å². The second-order valence-corrected chi connectivity index (χ2v) is 8.04. The van der Waals surface area contributed by atoms with Crippen molar-refractivity contribution < 1.29 is 0 Å². The van der Waals surface area contributed by atoms with E-state index in [2.05, 4.69) is 15.1 Å². The molecule has 0 unspecified atom stereocenters. The number of nitrogen functional groups attached to an aromatic ring is 1. The molecule has 0 fully saturated rings. The molecule has 4 aromatic rings. The van der Waals surface area contributed by atoms with Gasteiger partial charge in [0.2, 0.25) is 5.82 Å². The number of hydrogen-bond acceptors (Lipinski definition) is 5. The van der Waals surface area contributed by atoms with Gasteiger partial charge in [-0.1, -0.05) is 6.07 Å². The molecule has 2 aromatic carbocycles. The Morgan fingerprint density at radius 1 is 1.00 bits per heavy atom. The molecular formula is C22H24N6O3. The summed E-state index contributed by atoms with van der Waals surface area (Å²) in [6, 6.07) is 9.70. The first-order valence-corrected chi connectivity index (χ1v) is 9.98. The molecule has 31 heavy (non-hydrogen) atoms. The summed E-state index contributed by atoms with van der Waals surface area (Å²) in [7, 11) is 0. The molecule has 0 atom stereocenters. The number of anilines is 1. The van der Waals surface area contributed by atoms with Crippen LogP contribution in [0.15, 0.2) is 44.7 Å². The minimum absolute atomic E-state index is 0.0508. The number of benzene rings is 2. The van der Waals surface area contributed by atoms with Gasteiger partial charge in [-0.3, -0.25) is 14.3 Å². The Bertz CT molecular complexity index is 1460. The van der Waals surface area contributed by atoms with Crippen molar-refractivity contribution in [2.45, 2.75) is 40.2 Å². The maximum Gasteiger partial charge on any atom is 0.349 e. The standard InChI is InChI=1S/C22H24N6O3/c1-11(2)27-18-10-14(5-6-17(18)24-21(27)30)9-16-12(3)7-15(8-13(16)4)28-22(31)25-20(29)19(23)26-28/h5-8,10-11H,9H2,1-4H3,(H2,23,26)(H,24,30)(H,25,29,31). The van der Waals surface area contributed by atoms with E-state index in [4.69, 9.17) is 5.73 Å². The smallest absolute Gasteiger partial charge is 0.349 e.